The van der Waals surface area contributed by atoms with E-state index in [4.69, 9.17) is 11.6 Å². The van der Waals surface area contributed by atoms with Gasteiger partial charge < -0.3 is 10.2 Å². The number of amides is 1. The maximum atomic E-state index is 12.6. The van der Waals surface area contributed by atoms with Crippen molar-refractivity contribution >= 4 is 28.8 Å². The summed E-state index contributed by atoms with van der Waals surface area (Å²) in [5, 5.41) is 3.64. The van der Waals surface area contributed by atoms with Crippen LogP contribution in [0.25, 0.3) is 0 Å². The molecule has 3 heterocycles. The summed E-state index contributed by atoms with van der Waals surface area (Å²) >= 11 is 7.54. The molecule has 21 heavy (non-hydrogen) atoms. The molecule has 2 aliphatic heterocycles. The van der Waals surface area contributed by atoms with Gasteiger partial charge in [-0.25, -0.2) is 0 Å². The van der Waals surface area contributed by atoms with Crippen LogP contribution in [0.5, 0.6) is 0 Å². The van der Waals surface area contributed by atoms with Gasteiger partial charge in [0.2, 0.25) is 5.91 Å². The van der Waals surface area contributed by atoms with Crippen molar-refractivity contribution in [2.75, 3.05) is 6.54 Å². The molecule has 0 aromatic carbocycles. The number of rotatable bonds is 5. The Morgan fingerprint density at radius 1 is 1.38 bits per heavy atom. The van der Waals surface area contributed by atoms with Crippen LogP contribution in [0.2, 0.25) is 4.34 Å². The number of carbonyl (C=O) groups excluding carboxylic acids is 1. The van der Waals surface area contributed by atoms with E-state index in [1.165, 1.54) is 30.6 Å². The highest BCUT2D eigenvalue weighted by molar-refractivity contribution is 7.16. The summed E-state index contributed by atoms with van der Waals surface area (Å²) in [5.41, 5.74) is 0. The molecule has 2 unspecified atom stereocenters. The molecule has 3 rings (SSSR count). The molecule has 2 atom stereocenters. The molecule has 2 saturated heterocycles. The zero-order valence-electron chi connectivity index (χ0n) is 12.5. The topological polar surface area (TPSA) is 32.3 Å². The van der Waals surface area contributed by atoms with E-state index in [9.17, 15) is 4.79 Å². The first-order chi connectivity index (χ1) is 10.1. The Bertz CT molecular complexity index is 492. The molecule has 0 aliphatic carbocycles. The number of nitrogens with zero attached hydrogens (tertiary/aromatic N) is 1. The van der Waals surface area contributed by atoms with Crippen LogP contribution in [0.4, 0.5) is 0 Å². The first-order valence-electron chi connectivity index (χ1n) is 7.92. The fourth-order valence-corrected chi connectivity index (χ4v) is 4.82. The SMILES string of the molecule is CCN(Cc1ccc(Cl)s1)C(=O)CC1CC2CCC(C1)N2. The standard InChI is InChI=1S/C16H23ClN2OS/c1-2-19(10-14-5-6-15(17)21-14)16(20)9-11-7-12-3-4-13(8-11)18-12/h5-6,11-13,18H,2-4,7-10H2,1H3. The summed E-state index contributed by atoms with van der Waals surface area (Å²) in [5.74, 6) is 0.866. The smallest absolute Gasteiger partial charge is 0.223 e. The number of fused-ring (bicyclic) bond motifs is 2. The molecule has 5 heteroatoms. The van der Waals surface area contributed by atoms with E-state index < -0.39 is 0 Å². The van der Waals surface area contributed by atoms with Gasteiger partial charge >= 0.3 is 0 Å². The normalized spacial score (nSPS) is 27.8. The van der Waals surface area contributed by atoms with Crippen molar-refractivity contribution in [3.05, 3.63) is 21.3 Å². The van der Waals surface area contributed by atoms with Gasteiger partial charge in [-0.2, -0.15) is 0 Å². The Balaban J connectivity index is 1.55. The minimum Gasteiger partial charge on any atom is -0.338 e. The van der Waals surface area contributed by atoms with Gasteiger partial charge in [-0.15, -0.1) is 11.3 Å². The predicted octanol–water partition coefficient (Wildman–Crippen LogP) is 3.67. The molecule has 0 radical (unpaired) electrons. The quantitative estimate of drug-likeness (QED) is 0.895. The highest BCUT2D eigenvalue weighted by atomic mass is 35.5. The van der Waals surface area contributed by atoms with Crippen LogP contribution in [-0.4, -0.2) is 29.4 Å². The Hall–Kier alpha value is -0.580. The van der Waals surface area contributed by atoms with Crippen molar-refractivity contribution in [1.29, 1.82) is 0 Å². The second-order valence-electron chi connectivity index (χ2n) is 6.29. The van der Waals surface area contributed by atoms with E-state index in [0.717, 1.165) is 10.9 Å². The van der Waals surface area contributed by atoms with Crippen LogP contribution in [0.3, 0.4) is 0 Å². The van der Waals surface area contributed by atoms with Crippen LogP contribution >= 0.6 is 22.9 Å². The molecular weight excluding hydrogens is 304 g/mol. The Morgan fingerprint density at radius 3 is 2.67 bits per heavy atom. The third kappa shape index (κ3) is 3.79. The highest BCUT2D eigenvalue weighted by Gasteiger charge is 2.34. The summed E-state index contributed by atoms with van der Waals surface area (Å²) in [4.78, 5) is 15.7. The van der Waals surface area contributed by atoms with Crippen LogP contribution < -0.4 is 5.32 Å². The molecule has 116 valence electrons. The zero-order chi connectivity index (χ0) is 14.8. The Kier molecular flexibility index (Phi) is 4.87. The lowest BCUT2D eigenvalue weighted by molar-refractivity contribution is -0.132. The van der Waals surface area contributed by atoms with E-state index in [2.05, 4.69) is 12.2 Å². The van der Waals surface area contributed by atoms with Gasteiger partial charge in [0.25, 0.3) is 0 Å². The average molecular weight is 327 g/mol. The molecule has 1 aromatic rings. The zero-order valence-corrected chi connectivity index (χ0v) is 14.1. The molecule has 2 aliphatic rings. The second-order valence-corrected chi connectivity index (χ2v) is 8.09. The lowest BCUT2D eigenvalue weighted by atomic mass is 9.89. The van der Waals surface area contributed by atoms with Gasteiger partial charge in [-0.3, -0.25) is 4.79 Å². The third-order valence-corrected chi connectivity index (χ3v) is 5.96. The molecule has 1 amide bonds. The largest absolute Gasteiger partial charge is 0.338 e. The van der Waals surface area contributed by atoms with E-state index in [1.807, 2.05) is 17.0 Å². The second kappa shape index (κ2) is 6.67. The first kappa shape index (κ1) is 15.3. The van der Waals surface area contributed by atoms with Crippen molar-refractivity contribution in [3.63, 3.8) is 0 Å². The number of hydrogen-bond donors (Lipinski definition) is 1. The number of hydrogen-bond acceptors (Lipinski definition) is 3. The number of thiophene rings is 1. The maximum absolute atomic E-state index is 12.6. The summed E-state index contributed by atoms with van der Waals surface area (Å²) in [6.07, 6.45) is 5.64. The fraction of sp³-hybridized carbons (Fsp3) is 0.688. The summed E-state index contributed by atoms with van der Waals surface area (Å²) in [6.45, 7) is 3.52. The number of halogens is 1. The highest BCUT2D eigenvalue weighted by Crippen LogP contribution is 2.33. The van der Waals surface area contributed by atoms with Gasteiger partial charge in [0.05, 0.1) is 10.9 Å². The van der Waals surface area contributed by atoms with E-state index in [1.54, 1.807) is 11.3 Å². The van der Waals surface area contributed by atoms with Crippen molar-refractivity contribution in [2.45, 2.75) is 57.7 Å². The molecule has 3 nitrogen and oxygen atoms in total. The molecule has 2 fully saturated rings. The van der Waals surface area contributed by atoms with Crippen LogP contribution in [-0.2, 0) is 11.3 Å². The van der Waals surface area contributed by atoms with Gasteiger partial charge in [-0.1, -0.05) is 11.6 Å². The third-order valence-electron chi connectivity index (χ3n) is 4.74. The van der Waals surface area contributed by atoms with Crippen LogP contribution in [0, 0.1) is 5.92 Å². The predicted molar refractivity (Wildman–Crippen MR) is 87.7 cm³/mol. The van der Waals surface area contributed by atoms with E-state index >= 15 is 0 Å². The monoisotopic (exact) mass is 326 g/mol. The van der Waals surface area contributed by atoms with Crippen molar-refractivity contribution in [1.82, 2.24) is 10.2 Å². The van der Waals surface area contributed by atoms with Gasteiger partial charge in [0, 0.05) is 29.9 Å². The molecule has 2 bridgehead atoms. The van der Waals surface area contributed by atoms with E-state index in [0.29, 0.717) is 36.9 Å². The van der Waals surface area contributed by atoms with Gasteiger partial charge in [0.15, 0.2) is 0 Å². The minimum atomic E-state index is 0.299. The first-order valence-corrected chi connectivity index (χ1v) is 9.11. The summed E-state index contributed by atoms with van der Waals surface area (Å²) < 4.78 is 0.795. The average Bonchev–Trinajstić information content (AvgIpc) is 3.01. The van der Waals surface area contributed by atoms with Gasteiger partial charge in [-0.05, 0) is 50.7 Å². The molecule has 1 N–H and O–H groups in total. The van der Waals surface area contributed by atoms with Crippen LogP contribution in [0.15, 0.2) is 12.1 Å². The number of carbonyl (C=O) groups is 1. The van der Waals surface area contributed by atoms with Gasteiger partial charge in [0.1, 0.15) is 0 Å². The number of nitrogens with one attached hydrogen (secondary N) is 1. The lowest BCUT2D eigenvalue weighted by Gasteiger charge is -2.30. The van der Waals surface area contributed by atoms with Crippen molar-refractivity contribution in [3.8, 4) is 0 Å². The molecular formula is C16H23ClN2OS. The summed E-state index contributed by atoms with van der Waals surface area (Å²) in [6, 6.07) is 5.25. The molecule has 1 aromatic heterocycles. The van der Waals surface area contributed by atoms with Crippen LogP contribution in [0.1, 0.15) is 43.9 Å². The number of piperidine rings is 1. The minimum absolute atomic E-state index is 0.299. The van der Waals surface area contributed by atoms with Crippen molar-refractivity contribution < 1.29 is 4.79 Å². The lowest BCUT2D eigenvalue weighted by Crippen LogP contribution is -2.40. The van der Waals surface area contributed by atoms with E-state index in [-0.39, 0.29) is 0 Å². The summed E-state index contributed by atoms with van der Waals surface area (Å²) in [7, 11) is 0. The Morgan fingerprint density at radius 2 is 2.10 bits per heavy atom. The van der Waals surface area contributed by atoms with Crippen molar-refractivity contribution in [2.24, 2.45) is 5.92 Å². The Labute approximate surface area is 135 Å². The maximum Gasteiger partial charge on any atom is 0.223 e. The fourth-order valence-electron chi connectivity index (χ4n) is 3.72. The molecule has 0 spiro atoms. The molecule has 0 saturated carbocycles.